The minimum atomic E-state index is 0.421. The van der Waals surface area contributed by atoms with Crippen LogP contribution in [0.5, 0.6) is 0 Å². The topological polar surface area (TPSA) is 42.7 Å². The number of nitrogens with one attached hydrogen (secondary N) is 1. The van der Waals surface area contributed by atoms with Crippen LogP contribution >= 0.6 is 0 Å². The van der Waals surface area contributed by atoms with Crippen molar-refractivity contribution >= 4 is 0 Å². The van der Waals surface area contributed by atoms with Gasteiger partial charge >= 0.3 is 0 Å². The summed E-state index contributed by atoms with van der Waals surface area (Å²) in [7, 11) is 0. The lowest BCUT2D eigenvalue weighted by Gasteiger charge is -2.22. The molecule has 1 aliphatic heterocycles. The maximum atomic E-state index is 4.36. The molecule has 0 unspecified atom stereocenters. The molecule has 15 heavy (non-hydrogen) atoms. The second kappa shape index (κ2) is 4.75. The maximum Gasteiger partial charge on any atom is 0.138 e. The van der Waals surface area contributed by atoms with Gasteiger partial charge in [-0.1, -0.05) is 0 Å². The molecule has 1 fully saturated rings. The van der Waals surface area contributed by atoms with Gasteiger partial charge in [-0.15, -0.1) is 0 Å². The van der Waals surface area contributed by atoms with Crippen molar-refractivity contribution in [3.05, 3.63) is 12.2 Å². The van der Waals surface area contributed by atoms with Gasteiger partial charge in [0.2, 0.25) is 0 Å². The number of piperidine rings is 1. The quantitative estimate of drug-likeness (QED) is 0.816. The Morgan fingerprint density at radius 2 is 2.20 bits per heavy atom. The van der Waals surface area contributed by atoms with Gasteiger partial charge in [0.25, 0.3) is 0 Å². The van der Waals surface area contributed by atoms with Crippen LogP contribution in [0.15, 0.2) is 6.33 Å². The Bertz CT molecular complexity index is 299. The van der Waals surface area contributed by atoms with E-state index in [2.05, 4.69) is 29.2 Å². The molecule has 0 saturated carbocycles. The van der Waals surface area contributed by atoms with Gasteiger partial charge in [-0.3, -0.25) is 0 Å². The van der Waals surface area contributed by atoms with Crippen molar-refractivity contribution < 1.29 is 0 Å². The zero-order valence-electron chi connectivity index (χ0n) is 9.61. The molecular weight excluding hydrogens is 188 g/mol. The van der Waals surface area contributed by atoms with Crippen LogP contribution in [0.25, 0.3) is 0 Å². The standard InChI is InChI=1S/C11H20N4/c1-9(2)15-11(13-8-14-15)7-10-3-5-12-6-4-10/h8-10,12H,3-7H2,1-2H3. The Morgan fingerprint density at radius 3 is 2.87 bits per heavy atom. The second-order valence-electron chi connectivity index (χ2n) is 4.61. The predicted molar refractivity (Wildman–Crippen MR) is 59.7 cm³/mol. The smallest absolute Gasteiger partial charge is 0.138 e. The fourth-order valence-corrected chi connectivity index (χ4v) is 2.20. The molecular formula is C11H20N4. The van der Waals surface area contributed by atoms with Gasteiger partial charge < -0.3 is 5.32 Å². The second-order valence-corrected chi connectivity index (χ2v) is 4.61. The number of hydrogen-bond donors (Lipinski definition) is 1. The van der Waals surface area contributed by atoms with Crippen molar-refractivity contribution in [2.75, 3.05) is 13.1 Å². The molecule has 0 spiro atoms. The third-order valence-corrected chi connectivity index (χ3v) is 3.07. The van der Waals surface area contributed by atoms with Gasteiger partial charge in [0.05, 0.1) is 0 Å². The zero-order chi connectivity index (χ0) is 10.7. The molecule has 1 aromatic heterocycles. The van der Waals surface area contributed by atoms with Crippen molar-refractivity contribution in [2.24, 2.45) is 5.92 Å². The molecule has 0 bridgehead atoms. The number of rotatable bonds is 3. The minimum Gasteiger partial charge on any atom is -0.317 e. The van der Waals surface area contributed by atoms with Gasteiger partial charge in [-0.05, 0) is 45.7 Å². The van der Waals surface area contributed by atoms with E-state index in [1.165, 1.54) is 12.8 Å². The van der Waals surface area contributed by atoms with Gasteiger partial charge in [-0.25, -0.2) is 9.67 Å². The molecule has 1 N–H and O–H groups in total. The van der Waals surface area contributed by atoms with Crippen LogP contribution in [0.1, 0.15) is 38.6 Å². The van der Waals surface area contributed by atoms with Crippen LogP contribution in [0.2, 0.25) is 0 Å². The minimum absolute atomic E-state index is 0.421. The van der Waals surface area contributed by atoms with E-state index in [0.717, 1.165) is 31.3 Å². The lowest BCUT2D eigenvalue weighted by molar-refractivity contribution is 0.356. The molecule has 1 saturated heterocycles. The lowest BCUT2D eigenvalue weighted by atomic mass is 9.94. The molecule has 2 rings (SSSR count). The molecule has 84 valence electrons. The van der Waals surface area contributed by atoms with Crippen molar-refractivity contribution in [1.29, 1.82) is 0 Å². The molecule has 0 radical (unpaired) electrons. The summed E-state index contributed by atoms with van der Waals surface area (Å²) in [5.74, 6) is 1.94. The van der Waals surface area contributed by atoms with Crippen molar-refractivity contribution in [3.8, 4) is 0 Å². The first kappa shape index (κ1) is 10.6. The van der Waals surface area contributed by atoms with Gasteiger partial charge in [-0.2, -0.15) is 5.10 Å². The van der Waals surface area contributed by atoms with Crippen LogP contribution in [-0.2, 0) is 6.42 Å². The van der Waals surface area contributed by atoms with E-state index in [9.17, 15) is 0 Å². The van der Waals surface area contributed by atoms with E-state index in [1.54, 1.807) is 6.33 Å². The zero-order valence-corrected chi connectivity index (χ0v) is 9.61. The summed E-state index contributed by atoms with van der Waals surface area (Å²) < 4.78 is 2.04. The Kier molecular flexibility index (Phi) is 3.36. The van der Waals surface area contributed by atoms with E-state index in [-0.39, 0.29) is 0 Å². The molecule has 0 amide bonds. The summed E-state index contributed by atoms with van der Waals surface area (Å²) in [4.78, 5) is 4.36. The SMILES string of the molecule is CC(C)n1ncnc1CC1CCNCC1. The van der Waals surface area contributed by atoms with E-state index < -0.39 is 0 Å². The highest BCUT2D eigenvalue weighted by Crippen LogP contribution is 2.17. The highest BCUT2D eigenvalue weighted by Gasteiger charge is 2.17. The Morgan fingerprint density at radius 1 is 1.47 bits per heavy atom. The monoisotopic (exact) mass is 208 g/mol. The third-order valence-electron chi connectivity index (χ3n) is 3.07. The normalized spacial score (nSPS) is 18.6. The van der Waals surface area contributed by atoms with Crippen molar-refractivity contribution in [1.82, 2.24) is 20.1 Å². The predicted octanol–water partition coefficient (Wildman–Crippen LogP) is 1.40. The Balaban J connectivity index is 1.99. The summed E-state index contributed by atoms with van der Waals surface area (Å²) in [6.45, 7) is 6.61. The largest absolute Gasteiger partial charge is 0.317 e. The molecule has 2 heterocycles. The first-order chi connectivity index (χ1) is 7.27. The Labute approximate surface area is 91.1 Å². The van der Waals surface area contributed by atoms with E-state index in [1.807, 2.05) is 4.68 Å². The van der Waals surface area contributed by atoms with Crippen LogP contribution in [-0.4, -0.2) is 27.9 Å². The molecule has 0 aromatic carbocycles. The van der Waals surface area contributed by atoms with Crippen LogP contribution < -0.4 is 5.32 Å². The van der Waals surface area contributed by atoms with Crippen LogP contribution in [0, 0.1) is 5.92 Å². The van der Waals surface area contributed by atoms with Crippen molar-refractivity contribution in [3.63, 3.8) is 0 Å². The summed E-state index contributed by atoms with van der Waals surface area (Å²) in [6, 6.07) is 0.421. The highest BCUT2D eigenvalue weighted by molar-refractivity contribution is 4.90. The van der Waals surface area contributed by atoms with Gasteiger partial charge in [0, 0.05) is 12.5 Å². The molecule has 1 aliphatic rings. The fourth-order valence-electron chi connectivity index (χ4n) is 2.20. The van der Waals surface area contributed by atoms with Gasteiger partial charge in [0.1, 0.15) is 12.2 Å². The summed E-state index contributed by atoms with van der Waals surface area (Å²) >= 11 is 0. The average molecular weight is 208 g/mol. The summed E-state index contributed by atoms with van der Waals surface area (Å²) in [6.07, 6.45) is 5.30. The van der Waals surface area contributed by atoms with Gasteiger partial charge in [0.15, 0.2) is 0 Å². The number of aromatic nitrogens is 3. The molecule has 4 nitrogen and oxygen atoms in total. The van der Waals surface area contributed by atoms with Crippen LogP contribution in [0.3, 0.4) is 0 Å². The maximum absolute atomic E-state index is 4.36. The van der Waals surface area contributed by atoms with Crippen molar-refractivity contribution in [2.45, 2.75) is 39.2 Å². The van der Waals surface area contributed by atoms with Crippen LogP contribution in [0.4, 0.5) is 0 Å². The fraction of sp³-hybridized carbons (Fsp3) is 0.818. The number of nitrogens with zero attached hydrogens (tertiary/aromatic N) is 3. The van der Waals surface area contributed by atoms with E-state index in [0.29, 0.717) is 6.04 Å². The first-order valence-electron chi connectivity index (χ1n) is 5.86. The highest BCUT2D eigenvalue weighted by atomic mass is 15.3. The molecule has 0 atom stereocenters. The average Bonchev–Trinajstić information content (AvgIpc) is 2.67. The van der Waals surface area contributed by atoms with E-state index >= 15 is 0 Å². The molecule has 4 heteroatoms. The number of hydrogen-bond acceptors (Lipinski definition) is 3. The van der Waals surface area contributed by atoms with E-state index in [4.69, 9.17) is 0 Å². The lowest BCUT2D eigenvalue weighted by Crippen LogP contribution is -2.29. The third kappa shape index (κ3) is 2.56. The molecule has 0 aliphatic carbocycles. The molecule has 1 aromatic rings. The summed E-state index contributed by atoms with van der Waals surface area (Å²) in [5.41, 5.74) is 0. The Hall–Kier alpha value is -0.900. The summed E-state index contributed by atoms with van der Waals surface area (Å²) in [5, 5.41) is 7.66. The first-order valence-corrected chi connectivity index (χ1v) is 5.86.